The number of pyridine rings is 2. The van der Waals surface area contributed by atoms with Crippen molar-refractivity contribution in [3.8, 4) is 52.0 Å². The van der Waals surface area contributed by atoms with Crippen LogP contribution in [0.1, 0.15) is 45.5 Å². The van der Waals surface area contributed by atoms with Gasteiger partial charge in [0.05, 0.1) is 24.1 Å². The molecule has 0 saturated heterocycles. The highest BCUT2D eigenvalue weighted by molar-refractivity contribution is 5.98. The summed E-state index contributed by atoms with van der Waals surface area (Å²) in [5.41, 5.74) is 13.9. The fraction of sp³-hybridized carbons (Fsp3) is 0.278. The van der Waals surface area contributed by atoms with Gasteiger partial charge >= 0.3 is 5.95 Å². The Morgan fingerprint density at radius 1 is 0.960 bits per heavy atom. The first-order valence-electron chi connectivity index (χ1n) is 15.7. The third kappa shape index (κ3) is 7.23. The molecule has 0 fully saturated rings. The van der Waals surface area contributed by atoms with E-state index in [9.17, 15) is 14.6 Å². The van der Waals surface area contributed by atoms with Gasteiger partial charge < -0.3 is 36.0 Å². The second kappa shape index (κ2) is 13.2. The summed E-state index contributed by atoms with van der Waals surface area (Å²) >= 11 is 0. The van der Waals surface area contributed by atoms with E-state index >= 15 is 0 Å². The Bertz CT molecular complexity index is 2380. The lowest BCUT2D eigenvalue weighted by Gasteiger charge is -2.07. The van der Waals surface area contributed by atoms with E-state index in [1.165, 1.54) is 0 Å². The number of nitrogen functional groups attached to an aromatic ring is 2. The number of fused-ring (bicyclic) bond motifs is 2. The largest absolute Gasteiger partial charge is 0.385 e. The van der Waals surface area contributed by atoms with Crippen molar-refractivity contribution in [2.24, 2.45) is 0 Å². The zero-order valence-corrected chi connectivity index (χ0v) is 28.2. The molecule has 0 aliphatic heterocycles. The van der Waals surface area contributed by atoms with E-state index in [0.717, 1.165) is 29.1 Å². The van der Waals surface area contributed by atoms with E-state index in [1.807, 2.05) is 18.3 Å². The first-order chi connectivity index (χ1) is 23.7. The van der Waals surface area contributed by atoms with E-state index in [0.29, 0.717) is 52.5 Å². The third-order valence-corrected chi connectivity index (χ3v) is 7.54. The number of halogens is 1. The van der Waals surface area contributed by atoms with Gasteiger partial charge in [0.25, 0.3) is 5.82 Å². The number of aliphatic hydroxyl groups is 2. The number of methoxy groups -OCH3 is 1. The first-order valence-corrected chi connectivity index (χ1v) is 15.7. The van der Waals surface area contributed by atoms with E-state index < -0.39 is 17.0 Å². The second-order valence-electron chi connectivity index (χ2n) is 12.7. The average molecular weight is 676 g/mol. The van der Waals surface area contributed by atoms with Crippen LogP contribution < -0.4 is 16.0 Å². The standard InChI is InChI=1S/C36H35FN10O3/c1-35(2,48)10-7-21-15-23-26(20-46(12-6-14-50-5)29(23)19-40-21)28-9-13-47(34(39)44-28)32-31-24(16-22(43-32)8-11-36(3,4)49)25(17-41-31)30-27(37)18-42-33(38)45-30/h9,13,15-20,39,48-49H,6,12,14H2,1-5H3,(H3,38,41,42,43,45)/p+1. The van der Waals surface area contributed by atoms with Crippen LogP contribution in [0.3, 0.4) is 0 Å². The van der Waals surface area contributed by atoms with Crippen molar-refractivity contribution < 1.29 is 23.9 Å². The Balaban J connectivity index is 1.51. The van der Waals surface area contributed by atoms with E-state index in [2.05, 4.69) is 48.2 Å². The van der Waals surface area contributed by atoms with Crippen LogP contribution in [0, 0.1) is 29.5 Å². The number of ether oxygens (including phenoxy) is 1. The van der Waals surface area contributed by atoms with E-state index in [-0.39, 0.29) is 17.6 Å². The van der Waals surface area contributed by atoms with Gasteiger partial charge in [-0.3, -0.25) is 0 Å². The molecule has 6 aromatic heterocycles. The number of aromatic amines is 1. The molecule has 0 bridgehead atoms. The number of hydrogen-bond acceptors (Lipinski definition) is 10. The van der Waals surface area contributed by atoms with E-state index in [1.54, 1.807) is 64.0 Å². The Hall–Kier alpha value is -5.93. The Kier molecular flexibility index (Phi) is 8.95. The van der Waals surface area contributed by atoms with Crippen LogP contribution in [0.4, 0.5) is 16.3 Å². The van der Waals surface area contributed by atoms with Gasteiger partial charge in [0, 0.05) is 60.6 Å². The van der Waals surface area contributed by atoms with Crippen molar-refractivity contribution in [1.29, 1.82) is 0 Å². The Morgan fingerprint density at radius 3 is 2.38 bits per heavy atom. The fourth-order valence-corrected chi connectivity index (χ4v) is 5.34. The first kappa shape index (κ1) is 34.0. The third-order valence-electron chi connectivity index (χ3n) is 7.54. The minimum atomic E-state index is -1.29. The molecule has 13 nitrogen and oxygen atoms in total. The van der Waals surface area contributed by atoms with Crippen LogP contribution in [-0.4, -0.2) is 69.6 Å². The summed E-state index contributed by atoms with van der Waals surface area (Å²) in [5.74, 6) is 11.2. The number of nitrogens with zero attached hydrogens (tertiary/aromatic N) is 7. The summed E-state index contributed by atoms with van der Waals surface area (Å²) in [5, 5.41) is 21.8. The predicted octanol–water partition coefficient (Wildman–Crippen LogP) is 3.29. The molecule has 0 saturated carbocycles. The molecule has 0 aromatic carbocycles. The molecule has 14 heteroatoms. The molecule has 6 rings (SSSR count). The normalized spacial score (nSPS) is 11.8. The van der Waals surface area contributed by atoms with Gasteiger partial charge in [0.15, 0.2) is 11.5 Å². The Morgan fingerprint density at radius 2 is 1.68 bits per heavy atom. The van der Waals surface area contributed by atoms with Crippen LogP contribution >= 0.6 is 0 Å². The summed E-state index contributed by atoms with van der Waals surface area (Å²) in [6, 6.07) is 5.35. The predicted molar refractivity (Wildman–Crippen MR) is 187 cm³/mol. The summed E-state index contributed by atoms with van der Waals surface area (Å²) in [6.07, 6.45) is 8.87. The summed E-state index contributed by atoms with van der Waals surface area (Å²) < 4.78 is 23.9. The topological polar surface area (TPSA) is 191 Å². The number of aryl methyl sites for hydroxylation is 1. The summed E-state index contributed by atoms with van der Waals surface area (Å²) in [6.45, 7) is 7.60. The minimum Gasteiger partial charge on any atom is -0.385 e. The van der Waals surface area contributed by atoms with Gasteiger partial charge in [-0.25, -0.2) is 19.3 Å². The van der Waals surface area contributed by atoms with Crippen molar-refractivity contribution >= 4 is 33.7 Å². The summed E-state index contributed by atoms with van der Waals surface area (Å²) in [4.78, 5) is 25.1. The number of H-pyrrole nitrogens is 1. The van der Waals surface area contributed by atoms with E-state index in [4.69, 9.17) is 26.2 Å². The molecule has 0 radical (unpaired) electrons. The van der Waals surface area contributed by atoms with Crippen LogP contribution in [-0.2, 0) is 11.3 Å². The number of nitrogens with two attached hydrogens (primary N) is 2. The molecular formula is C36H36FN10O3+. The quantitative estimate of drug-likeness (QED) is 0.0954. The van der Waals surface area contributed by atoms with Gasteiger partial charge in [-0.05, 0) is 58.1 Å². The van der Waals surface area contributed by atoms with Gasteiger partial charge in [-0.15, -0.1) is 9.97 Å². The van der Waals surface area contributed by atoms with Gasteiger partial charge in [-0.2, -0.15) is 4.57 Å². The van der Waals surface area contributed by atoms with Crippen LogP contribution in [0.2, 0.25) is 0 Å². The monoisotopic (exact) mass is 675 g/mol. The molecule has 6 aromatic rings. The lowest BCUT2D eigenvalue weighted by atomic mass is 10.1. The molecule has 254 valence electrons. The molecule has 50 heavy (non-hydrogen) atoms. The molecule has 0 atom stereocenters. The van der Waals surface area contributed by atoms with Crippen molar-refractivity contribution in [3.05, 3.63) is 66.4 Å². The van der Waals surface area contributed by atoms with Crippen molar-refractivity contribution in [2.75, 3.05) is 25.2 Å². The van der Waals surface area contributed by atoms with Gasteiger partial charge in [0.2, 0.25) is 5.95 Å². The number of nitrogens with one attached hydrogen (secondary N) is 1. The van der Waals surface area contributed by atoms with Crippen LogP contribution in [0.15, 0.2) is 49.2 Å². The zero-order valence-electron chi connectivity index (χ0n) is 28.2. The van der Waals surface area contributed by atoms with Gasteiger partial charge in [-0.1, -0.05) is 11.8 Å². The van der Waals surface area contributed by atoms with Gasteiger partial charge in [0.1, 0.15) is 33.8 Å². The molecule has 0 aliphatic rings. The lowest BCUT2D eigenvalue weighted by molar-refractivity contribution is -0.585. The van der Waals surface area contributed by atoms with Crippen molar-refractivity contribution in [3.63, 3.8) is 0 Å². The maximum absolute atomic E-state index is 14.9. The highest BCUT2D eigenvalue weighted by atomic mass is 19.1. The number of aromatic nitrogens is 8. The van der Waals surface area contributed by atoms with Crippen molar-refractivity contribution in [1.82, 2.24) is 34.5 Å². The molecule has 6 heterocycles. The smallest absolute Gasteiger partial charge is 0.350 e. The SMILES string of the molecule is COCCCn1cc(-c2cc[n+](-c3nc(C#CC(C)(C)O)cc4c(-c5nc(N)ncc5F)c[nH]c34)c(N)n2)c2cc(C#CC(C)(C)O)ncc21. The average Bonchev–Trinajstić information content (AvgIpc) is 3.64. The fourth-order valence-electron chi connectivity index (χ4n) is 5.34. The lowest BCUT2D eigenvalue weighted by Crippen LogP contribution is -2.37. The number of anilines is 2. The zero-order chi connectivity index (χ0) is 35.8. The van der Waals surface area contributed by atoms with Crippen LogP contribution in [0.5, 0.6) is 0 Å². The summed E-state index contributed by atoms with van der Waals surface area (Å²) in [7, 11) is 1.66. The molecule has 0 amide bonds. The highest BCUT2D eigenvalue weighted by Crippen LogP contribution is 2.33. The number of rotatable bonds is 7. The molecule has 0 aliphatic carbocycles. The maximum atomic E-state index is 14.9. The van der Waals surface area contributed by atoms with Crippen molar-refractivity contribution in [2.45, 2.75) is 51.9 Å². The molecule has 7 N–H and O–H groups in total. The Labute approximate surface area is 287 Å². The molecule has 0 spiro atoms. The second-order valence-corrected chi connectivity index (χ2v) is 12.7. The number of hydrogen-bond donors (Lipinski definition) is 5. The molecular weight excluding hydrogens is 639 g/mol. The molecule has 0 unspecified atom stereocenters. The highest BCUT2D eigenvalue weighted by Gasteiger charge is 2.24. The minimum absolute atomic E-state index is 0.00303. The van der Waals surface area contributed by atoms with Crippen LogP contribution in [0.25, 0.3) is 50.1 Å². The maximum Gasteiger partial charge on any atom is 0.350 e.